The third-order valence-corrected chi connectivity index (χ3v) is 9.33. The molecule has 2 nitrogen and oxygen atoms in total. The molecule has 3 aromatic heterocycles. The molecule has 0 saturated carbocycles. The van der Waals surface area contributed by atoms with Crippen molar-refractivity contribution in [1.29, 1.82) is 0 Å². The van der Waals surface area contributed by atoms with Gasteiger partial charge in [0.05, 0.1) is 9.75 Å². The minimum Gasteiger partial charge on any atom is -0.293 e. The van der Waals surface area contributed by atoms with Crippen molar-refractivity contribution in [2.75, 3.05) is 0 Å². The molecule has 0 unspecified atom stereocenters. The first-order valence-electron chi connectivity index (χ1n) is 13.2. The second-order valence-electron chi connectivity index (χ2n) is 10.5. The highest BCUT2D eigenvalue weighted by Crippen LogP contribution is 2.29. The number of carbonyl (C=O) groups excluding carboxylic acids is 2. The van der Waals surface area contributed by atoms with Crippen LogP contribution < -0.4 is 0 Å². The van der Waals surface area contributed by atoms with Crippen molar-refractivity contribution in [3.63, 3.8) is 0 Å². The van der Waals surface area contributed by atoms with Gasteiger partial charge in [-0.3, -0.25) is 9.59 Å². The van der Waals surface area contributed by atoms with Crippen LogP contribution in [-0.2, 0) is 0 Å². The van der Waals surface area contributed by atoms with Crippen LogP contribution in [0.1, 0.15) is 119 Å². The lowest BCUT2D eigenvalue weighted by Gasteiger charge is -2.00. The predicted octanol–water partition coefficient (Wildman–Crippen LogP) is 11.0. The predicted molar refractivity (Wildman–Crippen MR) is 167 cm³/mol. The smallest absolute Gasteiger partial charge is 0.173 e. The van der Waals surface area contributed by atoms with E-state index in [4.69, 9.17) is 0 Å². The molecule has 200 valence electrons. The van der Waals surface area contributed by atoms with Crippen LogP contribution >= 0.6 is 34.0 Å². The molecule has 3 heterocycles. The summed E-state index contributed by atoms with van der Waals surface area (Å²) >= 11 is 4.93. The molecule has 3 aromatic rings. The fourth-order valence-electron chi connectivity index (χ4n) is 3.22. The van der Waals surface area contributed by atoms with E-state index in [2.05, 4.69) is 91.8 Å². The first kappa shape index (κ1) is 31.1. The Labute approximate surface area is 236 Å². The van der Waals surface area contributed by atoms with Gasteiger partial charge in [0, 0.05) is 32.4 Å². The largest absolute Gasteiger partial charge is 0.293 e. The van der Waals surface area contributed by atoms with E-state index >= 15 is 0 Å². The highest BCUT2D eigenvalue weighted by molar-refractivity contribution is 7.15. The molecule has 0 amide bonds. The van der Waals surface area contributed by atoms with Crippen LogP contribution in [-0.4, -0.2) is 11.6 Å². The van der Waals surface area contributed by atoms with Crippen LogP contribution in [0.5, 0.6) is 0 Å². The average Bonchev–Trinajstić information content (AvgIpc) is 3.60. The highest BCUT2D eigenvalue weighted by Gasteiger charge is 2.14. The molecule has 0 aliphatic heterocycles. The van der Waals surface area contributed by atoms with Gasteiger partial charge >= 0.3 is 0 Å². The van der Waals surface area contributed by atoms with E-state index in [-0.39, 0.29) is 24.4 Å². The van der Waals surface area contributed by atoms with E-state index in [1.54, 1.807) is 0 Å². The van der Waals surface area contributed by atoms with E-state index < -0.39 is 0 Å². The maximum atomic E-state index is 12.3. The molecule has 0 aliphatic carbocycles. The molecular formula is C32H42O2S3. The lowest BCUT2D eigenvalue weighted by molar-refractivity contribution is 0.0921. The van der Waals surface area contributed by atoms with Gasteiger partial charge in [0.1, 0.15) is 0 Å². The number of hydrogen-bond acceptors (Lipinski definition) is 5. The van der Waals surface area contributed by atoms with Crippen LogP contribution in [0.3, 0.4) is 0 Å². The fraction of sp³-hybridized carbons (Fsp3) is 0.438. The number of Topliss-reactive ketones (excluding diaryl/α,β-unsaturated/α-hetero) is 2. The van der Waals surface area contributed by atoms with E-state index in [1.165, 1.54) is 32.4 Å². The molecule has 5 heteroatoms. The van der Waals surface area contributed by atoms with Crippen molar-refractivity contribution in [3.05, 3.63) is 77.8 Å². The summed E-state index contributed by atoms with van der Waals surface area (Å²) in [4.78, 5) is 31.3. The average molecular weight is 555 g/mol. The maximum Gasteiger partial charge on any atom is 0.173 e. The lowest BCUT2D eigenvalue weighted by Crippen LogP contribution is -2.02. The van der Waals surface area contributed by atoms with Gasteiger partial charge in [-0.2, -0.15) is 0 Å². The van der Waals surface area contributed by atoms with E-state index in [1.807, 2.05) is 35.6 Å². The lowest BCUT2D eigenvalue weighted by atomic mass is 10.1. The molecular weight excluding hydrogens is 513 g/mol. The summed E-state index contributed by atoms with van der Waals surface area (Å²) in [5, 5.41) is 0. The van der Waals surface area contributed by atoms with Crippen molar-refractivity contribution in [1.82, 2.24) is 0 Å². The van der Waals surface area contributed by atoms with Crippen molar-refractivity contribution in [2.45, 2.75) is 80.1 Å². The zero-order chi connectivity index (χ0) is 27.5. The molecule has 0 atom stereocenters. The second kappa shape index (κ2) is 15.4. The van der Waals surface area contributed by atoms with E-state index in [9.17, 15) is 9.59 Å². The Hall–Kier alpha value is -2.08. The third kappa shape index (κ3) is 11.1. The van der Waals surface area contributed by atoms with Crippen molar-refractivity contribution in [2.24, 2.45) is 11.8 Å². The highest BCUT2D eigenvalue weighted by atomic mass is 32.1. The molecule has 0 spiro atoms. The zero-order valence-electron chi connectivity index (χ0n) is 23.5. The minimum absolute atomic E-state index is 0.0454. The fourth-order valence-corrected chi connectivity index (χ4v) is 6.01. The number of allylic oxidation sites excluding steroid dienone is 2. The summed E-state index contributed by atoms with van der Waals surface area (Å²) in [6.45, 7) is 17.5. The summed E-state index contributed by atoms with van der Waals surface area (Å²) in [5.74, 6) is 2.44. The summed E-state index contributed by atoms with van der Waals surface area (Å²) < 4.78 is 0. The Morgan fingerprint density at radius 3 is 1.27 bits per heavy atom. The van der Waals surface area contributed by atoms with Gasteiger partial charge in [-0.15, -0.1) is 34.0 Å². The Bertz CT molecular complexity index is 1090. The molecule has 0 aromatic carbocycles. The van der Waals surface area contributed by atoms with Gasteiger partial charge in [-0.05, 0) is 72.2 Å². The molecule has 0 fully saturated rings. The van der Waals surface area contributed by atoms with Crippen LogP contribution in [0.25, 0.3) is 12.2 Å². The number of hydrogen-bond donors (Lipinski definition) is 0. The Morgan fingerprint density at radius 2 is 0.973 bits per heavy atom. The van der Waals surface area contributed by atoms with Crippen LogP contribution in [0, 0.1) is 11.8 Å². The van der Waals surface area contributed by atoms with Crippen LogP contribution in [0.4, 0.5) is 0 Å². The molecule has 3 rings (SSSR count). The monoisotopic (exact) mass is 554 g/mol. The van der Waals surface area contributed by atoms with E-state index in [0.29, 0.717) is 23.7 Å². The van der Waals surface area contributed by atoms with Gasteiger partial charge in [0.15, 0.2) is 11.6 Å². The number of carbonyl (C=O) groups is 2. The Kier molecular flexibility index (Phi) is 12.9. The van der Waals surface area contributed by atoms with Crippen LogP contribution in [0.2, 0.25) is 0 Å². The van der Waals surface area contributed by atoms with E-state index in [0.717, 1.165) is 19.5 Å². The SMILES string of the molecule is CC(C)/C=C/c1ccc(C(=O)CCC(=O)c2ccc(/C=C/C(C)C)s2)s1.CC(C)c1ccc(C(C)C)s1. The quantitative estimate of drug-likeness (QED) is 0.221. The van der Waals surface area contributed by atoms with Crippen LogP contribution in [0.15, 0.2) is 48.6 Å². The first-order chi connectivity index (χ1) is 17.5. The molecule has 37 heavy (non-hydrogen) atoms. The topological polar surface area (TPSA) is 34.1 Å². The first-order valence-corrected chi connectivity index (χ1v) is 15.6. The second-order valence-corrected chi connectivity index (χ2v) is 13.9. The van der Waals surface area contributed by atoms with Crippen molar-refractivity contribution in [3.8, 4) is 0 Å². The van der Waals surface area contributed by atoms with Gasteiger partial charge in [-0.25, -0.2) is 0 Å². The van der Waals surface area contributed by atoms with Gasteiger partial charge in [-0.1, -0.05) is 67.5 Å². The molecule has 0 aliphatic rings. The van der Waals surface area contributed by atoms with Gasteiger partial charge in [0.25, 0.3) is 0 Å². The zero-order valence-corrected chi connectivity index (χ0v) is 26.0. The molecule has 0 saturated heterocycles. The molecule has 0 N–H and O–H groups in total. The number of rotatable bonds is 11. The summed E-state index contributed by atoms with van der Waals surface area (Å²) in [7, 11) is 0. The van der Waals surface area contributed by atoms with Gasteiger partial charge < -0.3 is 0 Å². The minimum atomic E-state index is 0.0454. The summed E-state index contributed by atoms with van der Waals surface area (Å²) in [6, 6.07) is 12.2. The summed E-state index contributed by atoms with van der Waals surface area (Å²) in [5.41, 5.74) is 0. The molecule has 0 radical (unpaired) electrons. The van der Waals surface area contributed by atoms with Crippen molar-refractivity contribution >= 4 is 57.7 Å². The Morgan fingerprint density at radius 1 is 0.595 bits per heavy atom. The van der Waals surface area contributed by atoms with Crippen molar-refractivity contribution < 1.29 is 9.59 Å². The number of thiophene rings is 3. The van der Waals surface area contributed by atoms with Gasteiger partial charge in [0.2, 0.25) is 0 Å². The normalized spacial score (nSPS) is 11.9. The third-order valence-electron chi connectivity index (χ3n) is 5.46. The molecule has 0 bridgehead atoms. The number of ketones is 2. The summed E-state index contributed by atoms with van der Waals surface area (Å²) in [6.07, 6.45) is 8.87. The maximum absolute atomic E-state index is 12.3. The standard InChI is InChI=1S/C22H26O2S2.C10H16S/c1-15(2)5-7-17-9-13-21(25-17)19(23)11-12-20(24)22-14-10-18(26-22)8-6-16(3)4;1-7(2)9-5-6-10(11-9)8(3)4/h5-10,13-16H,11-12H2,1-4H3;5-8H,1-4H3/b7-5+,8-6+;. The Balaban J connectivity index is 0.000000364.